The molecule has 3 amide bonds. The number of anilines is 4. The van der Waals surface area contributed by atoms with Crippen molar-refractivity contribution in [1.29, 1.82) is 5.26 Å². The third-order valence-electron chi connectivity index (χ3n) is 15.3. The average molecular weight is 1660 g/mol. The van der Waals surface area contributed by atoms with Crippen LogP contribution in [-0.4, -0.2) is 85.4 Å². The summed E-state index contributed by atoms with van der Waals surface area (Å²) in [5.41, 5.74) is 3.36. The number of carbonyl (C=O) groups is 7. The first-order valence-electron chi connectivity index (χ1n) is 32.0. The highest BCUT2D eigenvalue weighted by atomic mass is 35.5. The molecule has 0 saturated carbocycles. The number of esters is 2. The number of pyridine rings is 1. The van der Waals surface area contributed by atoms with E-state index in [1.54, 1.807) is 80.6 Å². The maximum Gasteiger partial charge on any atom is 0.350 e. The number of benzene rings is 6. The zero-order valence-corrected chi connectivity index (χ0v) is 64.5. The molecule has 552 valence electrons. The quantitative estimate of drug-likeness (QED) is 0.0321. The molecule has 0 saturated heterocycles. The van der Waals surface area contributed by atoms with E-state index in [0.717, 1.165) is 45.1 Å². The highest BCUT2D eigenvalue weighted by Gasteiger charge is 2.34. The fourth-order valence-corrected chi connectivity index (χ4v) is 14.7. The second-order valence-electron chi connectivity index (χ2n) is 22.8. The number of aromatic amines is 1. The summed E-state index contributed by atoms with van der Waals surface area (Å²) in [5, 5.41) is 25.7. The van der Waals surface area contributed by atoms with Gasteiger partial charge in [-0.15, -0.1) is 0 Å². The van der Waals surface area contributed by atoms with Crippen molar-refractivity contribution in [2.45, 2.75) is 45.9 Å². The minimum Gasteiger partial charge on any atom is -0.479 e. The van der Waals surface area contributed by atoms with E-state index < -0.39 is 53.2 Å². The number of Topliss-reactive ketones (excluding diaryl/α,β-unsaturated/α-hetero) is 2. The summed E-state index contributed by atoms with van der Waals surface area (Å²) < 4.78 is 27.2. The van der Waals surface area contributed by atoms with Crippen molar-refractivity contribution in [3.05, 3.63) is 273 Å². The van der Waals surface area contributed by atoms with E-state index in [0.29, 0.717) is 106 Å². The first-order chi connectivity index (χ1) is 52.3. The van der Waals surface area contributed by atoms with E-state index in [1.807, 2.05) is 66.7 Å². The molecule has 6 aromatic carbocycles. The van der Waals surface area contributed by atoms with Gasteiger partial charge in [0.2, 0.25) is 0 Å². The SMILES string of the molecule is CC(=O)c1cnc(NC(=O)C2=Cc3cc(Cl)cc(Cl)c3OC2c2ccccc2)s1.CC(=O)c1cnc(NC(C#N)C2=Cc3cc(Cl)cc(Cl)c3OC2c2ccccc2)s1.CCOC(=O)c1cnc(NC(=O)c2cc3cc(Cl)ccc3[nH]c2=O)s1.CCOC(=O)c1cnc(NC(=O)c2cc3cc(Cl)ccc3oc2=O)s1. The molecule has 3 atom stereocenters. The van der Waals surface area contributed by atoms with Gasteiger partial charge >= 0.3 is 17.6 Å². The van der Waals surface area contributed by atoms with Gasteiger partial charge < -0.3 is 33.7 Å². The van der Waals surface area contributed by atoms with Crippen LogP contribution in [0.5, 0.6) is 11.5 Å². The smallest absolute Gasteiger partial charge is 0.350 e. The number of amides is 3. The molecule has 12 aromatic rings. The highest BCUT2D eigenvalue weighted by molar-refractivity contribution is 7.18. The van der Waals surface area contributed by atoms with Gasteiger partial charge in [0.1, 0.15) is 50.1 Å². The predicted molar refractivity (Wildman–Crippen MR) is 424 cm³/mol. The molecule has 0 bridgehead atoms. The maximum absolute atomic E-state index is 13.1. The van der Waals surface area contributed by atoms with Crippen LogP contribution in [-0.2, 0) is 14.3 Å². The molecule has 3 unspecified atom stereocenters. The van der Waals surface area contributed by atoms with Crippen molar-refractivity contribution in [2.24, 2.45) is 0 Å². The number of hydrogen-bond acceptors (Lipinski definition) is 24. The molecule has 34 heteroatoms. The number of nitriles is 1. The van der Waals surface area contributed by atoms with Gasteiger partial charge in [-0.05, 0) is 110 Å². The van der Waals surface area contributed by atoms with Gasteiger partial charge in [0, 0.05) is 66.9 Å². The van der Waals surface area contributed by atoms with Crippen LogP contribution in [0.2, 0.25) is 30.1 Å². The van der Waals surface area contributed by atoms with E-state index in [2.05, 4.69) is 52.3 Å². The minimum atomic E-state index is -0.783. The molecule has 2 aliphatic rings. The molecule has 0 fully saturated rings. The molecular weight excluding hydrogens is 1610 g/mol. The molecule has 8 heterocycles. The van der Waals surface area contributed by atoms with Crippen molar-refractivity contribution in [3.8, 4) is 17.6 Å². The molecule has 0 radical (unpaired) electrons. The topological polar surface area (TPSA) is 343 Å². The number of nitrogens with one attached hydrogen (secondary N) is 5. The standard InChI is InChI=1S/C22H15Cl2N3O2S.C21H14Cl2N2O3S.C16H12ClN3O4S.C16H11ClN2O5S/c1-12(28)19-11-26-22(30-19)27-18(10-25)16-8-14-7-15(23)9-17(24)21(14)29-20(16)13-5-3-2-4-6-13;1-11(26)17-10-24-21(29-17)25-20(27)15-8-13-7-14(22)9-16(23)19(13)28-18(15)12-5-3-2-4-6-12;1-2-24-15(23)12-7-18-16(25-12)20-14(22)10-6-8-5-9(17)3-4-11(8)19-13(10)21;1-2-23-15(22)12-7-18-16(25-12)19-13(20)10-6-8-5-9(17)3-4-11(8)24-14(10)21/h2-9,11,18,20H,1H3,(H,26,27);2-10,18H,1H3,(H,24,25,27);3-7H,2H2,1H3,(H,19,21)(H,18,20,22);3-7H,2H2,1H3,(H,18,19,20). The van der Waals surface area contributed by atoms with E-state index >= 15 is 0 Å². The van der Waals surface area contributed by atoms with Gasteiger partial charge in [0.15, 0.2) is 38.2 Å². The second-order valence-corrected chi connectivity index (χ2v) is 29.5. The normalized spacial score (nSPS) is 13.3. The van der Waals surface area contributed by atoms with Crippen LogP contribution < -0.4 is 41.9 Å². The summed E-state index contributed by atoms with van der Waals surface area (Å²) >= 11 is 41.0. The molecule has 5 N–H and O–H groups in total. The number of carbonyl (C=O) groups excluding carboxylic acids is 7. The van der Waals surface area contributed by atoms with Crippen molar-refractivity contribution in [1.82, 2.24) is 24.9 Å². The van der Waals surface area contributed by atoms with Gasteiger partial charge in [-0.1, -0.05) is 176 Å². The number of halogens is 6. The Morgan fingerprint density at radius 1 is 0.532 bits per heavy atom. The van der Waals surface area contributed by atoms with Crippen molar-refractivity contribution in [3.63, 3.8) is 0 Å². The van der Waals surface area contributed by atoms with Crippen molar-refractivity contribution >= 4 is 211 Å². The lowest BCUT2D eigenvalue weighted by Crippen LogP contribution is -2.28. The largest absolute Gasteiger partial charge is 0.479 e. The monoisotopic (exact) mass is 1650 g/mol. The molecule has 24 nitrogen and oxygen atoms in total. The maximum atomic E-state index is 13.1. The van der Waals surface area contributed by atoms with Crippen LogP contribution in [0.4, 0.5) is 20.5 Å². The first-order valence-corrected chi connectivity index (χ1v) is 37.6. The molecule has 109 heavy (non-hydrogen) atoms. The number of hydrogen-bond donors (Lipinski definition) is 5. The third kappa shape index (κ3) is 19.7. The summed E-state index contributed by atoms with van der Waals surface area (Å²) in [4.78, 5) is 128. The van der Waals surface area contributed by atoms with E-state index in [1.165, 1.54) is 62.1 Å². The number of H-pyrrole nitrogens is 1. The highest BCUT2D eigenvalue weighted by Crippen LogP contribution is 2.46. The van der Waals surface area contributed by atoms with Crippen molar-refractivity contribution in [2.75, 3.05) is 34.5 Å². The third-order valence-corrected chi connectivity index (χ3v) is 20.6. The first kappa shape index (κ1) is 79.1. The fraction of sp³-hybridized carbons (Fsp3) is 0.120. The number of aromatic nitrogens is 5. The van der Waals surface area contributed by atoms with Crippen molar-refractivity contribution < 1.29 is 56.9 Å². The summed E-state index contributed by atoms with van der Waals surface area (Å²) in [6.07, 6.45) is 7.94. The van der Waals surface area contributed by atoms with E-state index in [9.17, 15) is 48.4 Å². The lowest BCUT2D eigenvalue weighted by atomic mass is 9.91. The molecular formula is C75H52Cl6N10O14S4. The fourth-order valence-electron chi connectivity index (χ4n) is 10.3. The Morgan fingerprint density at radius 3 is 1.52 bits per heavy atom. The zero-order chi connectivity index (χ0) is 77.7. The molecule has 14 rings (SSSR count). The molecule has 0 spiro atoms. The Hall–Kier alpha value is -10.9. The number of ether oxygens (including phenoxy) is 4. The van der Waals surface area contributed by atoms with Crippen LogP contribution >= 0.6 is 115 Å². The Bertz CT molecular complexity index is 5620. The summed E-state index contributed by atoms with van der Waals surface area (Å²) in [6.45, 7) is 6.79. The van der Waals surface area contributed by atoms with Crippen LogP contribution in [0.15, 0.2) is 183 Å². The van der Waals surface area contributed by atoms with Crippen LogP contribution in [0.1, 0.15) is 122 Å². The molecule has 0 aliphatic carbocycles. The summed E-state index contributed by atoms with van der Waals surface area (Å²) in [6, 6.07) is 39.7. The van der Waals surface area contributed by atoms with E-state index in [-0.39, 0.29) is 61.8 Å². The van der Waals surface area contributed by atoms with Crippen LogP contribution in [0.3, 0.4) is 0 Å². The number of fused-ring (bicyclic) bond motifs is 4. The Balaban J connectivity index is 0.000000145. The number of nitrogens with zero attached hydrogens (tertiary/aromatic N) is 5. The number of thiazole rings is 4. The molecule has 2 aliphatic heterocycles. The number of rotatable bonds is 17. The van der Waals surface area contributed by atoms with Gasteiger partial charge in [-0.2, -0.15) is 5.26 Å². The minimum absolute atomic E-state index is 0.0744. The predicted octanol–water partition coefficient (Wildman–Crippen LogP) is 18.4. The summed E-state index contributed by atoms with van der Waals surface area (Å²) in [5.74, 6) is -1.95. The second kappa shape index (κ2) is 35.8. The van der Waals surface area contributed by atoms with E-state index in [4.69, 9.17) is 93.0 Å². The van der Waals surface area contributed by atoms with Gasteiger partial charge in [0.05, 0.1) is 69.4 Å². The lowest BCUT2D eigenvalue weighted by Gasteiger charge is -2.30. The van der Waals surface area contributed by atoms with Crippen LogP contribution in [0.25, 0.3) is 34.0 Å². The van der Waals surface area contributed by atoms with Gasteiger partial charge in [-0.25, -0.2) is 34.3 Å². The zero-order valence-electron chi connectivity index (χ0n) is 56.7. The van der Waals surface area contributed by atoms with Crippen LogP contribution in [0, 0.1) is 11.3 Å². The molecule has 6 aromatic heterocycles. The average Bonchev–Trinajstić information content (AvgIpc) is 1.40. The van der Waals surface area contributed by atoms with Gasteiger partial charge in [0.25, 0.3) is 23.3 Å². The Kier molecular flexibility index (Phi) is 26.0. The Labute approximate surface area is 663 Å². The van der Waals surface area contributed by atoms with Gasteiger partial charge in [-0.3, -0.25) is 44.7 Å². The summed E-state index contributed by atoms with van der Waals surface area (Å²) in [7, 11) is 0. The number of ketones is 2. The lowest BCUT2D eigenvalue weighted by molar-refractivity contribution is -0.113. The Morgan fingerprint density at radius 2 is 0.991 bits per heavy atom.